The first-order chi connectivity index (χ1) is 19.5. The van der Waals surface area contributed by atoms with E-state index in [1.54, 1.807) is 0 Å². The molecular weight excluding hydrogens is 564 g/mol. The summed E-state index contributed by atoms with van der Waals surface area (Å²) in [4.78, 5) is 0. The van der Waals surface area contributed by atoms with E-state index in [1.165, 1.54) is 12.1 Å². The fraction of sp³-hybridized carbons (Fsp3) is 0.412. The van der Waals surface area contributed by atoms with Crippen molar-refractivity contribution in [3.63, 3.8) is 0 Å². The summed E-state index contributed by atoms with van der Waals surface area (Å²) in [6.07, 6.45) is 28.5. The quantitative estimate of drug-likeness (QED) is 0.104. The van der Waals surface area contributed by atoms with Gasteiger partial charge in [-0.25, -0.2) is 41.9 Å². The Morgan fingerprint density at radius 3 is 1.29 bits per heavy atom. The third-order valence-corrected chi connectivity index (χ3v) is 5.34. The molecule has 0 spiro atoms. The largest absolute Gasteiger partial charge is 4.00 e. The van der Waals surface area contributed by atoms with Gasteiger partial charge in [-0.1, -0.05) is 52.4 Å². The fourth-order valence-electron chi connectivity index (χ4n) is 3.19. The molecule has 2 aromatic carbocycles. The molecule has 0 radical (unpaired) electrons. The van der Waals surface area contributed by atoms with Crippen molar-refractivity contribution >= 4 is 0 Å². The van der Waals surface area contributed by atoms with Crippen LogP contribution < -0.4 is 9.47 Å². The molecule has 0 atom stereocenters. The number of halogens is 4. The number of rotatable bonds is 12. The van der Waals surface area contributed by atoms with E-state index in [9.17, 15) is 17.6 Å². The summed E-state index contributed by atoms with van der Waals surface area (Å²) in [5.41, 5.74) is 0. The van der Waals surface area contributed by atoms with Gasteiger partial charge < -0.3 is 9.47 Å². The Morgan fingerprint density at radius 2 is 1.02 bits per heavy atom. The Morgan fingerprint density at radius 1 is 0.610 bits per heavy atom. The Labute approximate surface area is 259 Å². The fourth-order valence-corrected chi connectivity index (χ4v) is 3.19. The predicted octanol–water partition coefficient (Wildman–Crippen LogP) is 10.1. The first-order valence-electron chi connectivity index (χ1n) is 13.9. The molecule has 0 aromatic heterocycles. The van der Waals surface area contributed by atoms with Crippen LogP contribution in [0, 0.1) is 47.6 Å². The second-order valence-corrected chi connectivity index (χ2v) is 8.79. The van der Waals surface area contributed by atoms with E-state index in [4.69, 9.17) is 9.47 Å². The zero-order valence-electron chi connectivity index (χ0n) is 24.1. The zero-order chi connectivity index (χ0) is 29.3. The number of ether oxygens (including phenoxy) is 2. The molecule has 0 N–H and O–H groups in total. The summed E-state index contributed by atoms with van der Waals surface area (Å²) in [6, 6.07) is 8.74. The molecule has 0 aliphatic heterocycles. The van der Waals surface area contributed by atoms with Crippen LogP contribution in [-0.2, 0) is 21.7 Å². The second-order valence-electron chi connectivity index (χ2n) is 8.79. The van der Waals surface area contributed by atoms with Crippen molar-refractivity contribution < 1.29 is 48.8 Å². The summed E-state index contributed by atoms with van der Waals surface area (Å²) in [5, 5.41) is 0. The number of hydrogen-bond donors (Lipinski definition) is 0. The molecule has 0 bridgehead atoms. The Balaban J connectivity index is 0.000000573. The van der Waals surface area contributed by atoms with E-state index < -0.39 is 23.3 Å². The van der Waals surface area contributed by atoms with E-state index in [0.717, 1.165) is 76.3 Å². The van der Waals surface area contributed by atoms with Gasteiger partial charge in [-0.05, 0) is 12.8 Å². The van der Waals surface area contributed by atoms with E-state index >= 15 is 0 Å². The topological polar surface area (TPSA) is 18.5 Å². The summed E-state index contributed by atoms with van der Waals surface area (Å²) in [6.45, 7) is 5.18. The maximum absolute atomic E-state index is 13.0. The Bertz CT molecular complexity index is 948. The van der Waals surface area contributed by atoms with Crippen LogP contribution in [-0.4, -0.2) is 13.2 Å². The van der Waals surface area contributed by atoms with Crippen LogP contribution in [0.4, 0.5) is 17.6 Å². The van der Waals surface area contributed by atoms with Crippen molar-refractivity contribution in [2.45, 2.75) is 78.1 Å². The van der Waals surface area contributed by atoms with Crippen molar-refractivity contribution in [3.8, 4) is 11.5 Å². The van der Waals surface area contributed by atoms with Gasteiger partial charge in [0.2, 0.25) is 0 Å². The molecule has 2 aliphatic carbocycles. The molecule has 4 rings (SSSR count). The van der Waals surface area contributed by atoms with Crippen LogP contribution in [0.1, 0.15) is 78.1 Å². The van der Waals surface area contributed by atoms with Gasteiger partial charge in [0.15, 0.2) is 0 Å². The molecule has 2 aliphatic rings. The molecule has 0 saturated carbocycles. The minimum atomic E-state index is -0.759. The van der Waals surface area contributed by atoms with Crippen molar-refractivity contribution in [3.05, 3.63) is 108 Å². The number of benzene rings is 2. The van der Waals surface area contributed by atoms with Crippen LogP contribution in [0.25, 0.3) is 0 Å². The van der Waals surface area contributed by atoms with Gasteiger partial charge in [-0.3, -0.25) is 12.2 Å². The number of hydrogen-bond acceptors (Lipinski definition) is 2. The van der Waals surface area contributed by atoms with Crippen LogP contribution >= 0.6 is 0 Å². The summed E-state index contributed by atoms with van der Waals surface area (Å²) < 4.78 is 61.3. The molecule has 0 heterocycles. The predicted molar refractivity (Wildman–Crippen MR) is 153 cm³/mol. The Kier molecular flexibility index (Phi) is 24.7. The molecule has 41 heavy (non-hydrogen) atoms. The van der Waals surface area contributed by atoms with Crippen molar-refractivity contribution in [1.82, 2.24) is 0 Å². The van der Waals surface area contributed by atoms with Crippen LogP contribution in [0.15, 0.2) is 60.7 Å². The molecule has 2 aromatic rings. The zero-order valence-corrected chi connectivity index (χ0v) is 25.6. The van der Waals surface area contributed by atoms with Gasteiger partial charge in [0, 0.05) is 23.1 Å². The van der Waals surface area contributed by atoms with E-state index in [1.807, 2.05) is 36.4 Å². The van der Waals surface area contributed by atoms with E-state index in [-0.39, 0.29) is 33.2 Å². The van der Waals surface area contributed by atoms with Crippen molar-refractivity contribution in [2.75, 3.05) is 13.2 Å². The minimum absolute atomic E-state index is 0. The molecule has 7 heteroatoms. The maximum Gasteiger partial charge on any atom is 4.00 e. The van der Waals surface area contributed by atoms with Gasteiger partial charge in [-0.2, -0.15) is 12.2 Å². The van der Waals surface area contributed by atoms with Crippen LogP contribution in [0.2, 0.25) is 0 Å². The van der Waals surface area contributed by atoms with Crippen molar-refractivity contribution in [2.24, 2.45) is 0 Å². The third-order valence-electron chi connectivity index (χ3n) is 5.34. The Hall–Kier alpha value is -2.57. The summed E-state index contributed by atoms with van der Waals surface area (Å²) in [7, 11) is 0. The molecule has 0 saturated heterocycles. The first-order valence-corrected chi connectivity index (χ1v) is 13.9. The minimum Gasteiger partial charge on any atom is -0.548 e. The first kappa shape index (κ1) is 38.4. The van der Waals surface area contributed by atoms with Crippen LogP contribution in [0.3, 0.4) is 0 Å². The smallest absolute Gasteiger partial charge is 0.548 e. The summed E-state index contributed by atoms with van der Waals surface area (Å²) >= 11 is 0. The van der Waals surface area contributed by atoms with E-state index in [2.05, 4.69) is 38.2 Å². The standard InChI is InChI=1S/2C12H15F2O.2C5H5.Ti/c2*1-2-3-4-5-8-15-12-7-6-10(13)9-11(12)14;2*1-2-4-5-3-1;/h2*6-7H,2-5,8H2,1H3;2*1-3H,4H2;/q4*-1;+4. The monoisotopic (exact) mass is 604 g/mol. The number of allylic oxidation sites excluding steroid dienone is 8. The van der Waals surface area contributed by atoms with Gasteiger partial charge in [0.05, 0.1) is 24.8 Å². The summed E-state index contributed by atoms with van der Waals surface area (Å²) in [5.74, 6) is -2.77. The van der Waals surface area contributed by atoms with Gasteiger partial charge in [-0.15, -0.1) is 49.2 Å². The SMILES string of the molecule is CCCCCCOc1ccc(F)[c-]c1F.CCCCCCOc1ccc(F)[c-]c1F.[C-]1=CC=CC1.[C-]1=CC=CC1.[Ti+4]. The third kappa shape index (κ3) is 20.9. The van der Waals surface area contributed by atoms with Gasteiger partial charge in [0.25, 0.3) is 0 Å². The van der Waals surface area contributed by atoms with Gasteiger partial charge >= 0.3 is 21.7 Å². The number of unbranched alkanes of at least 4 members (excludes halogenated alkanes) is 6. The van der Waals surface area contributed by atoms with E-state index in [0.29, 0.717) is 13.2 Å². The van der Waals surface area contributed by atoms with Crippen LogP contribution in [0.5, 0.6) is 11.5 Å². The molecular formula is C34H40F4O2Ti. The normalized spacial score (nSPS) is 11.9. The molecule has 2 nitrogen and oxygen atoms in total. The average molecular weight is 605 g/mol. The van der Waals surface area contributed by atoms with Gasteiger partial charge in [0.1, 0.15) is 0 Å². The molecule has 0 fully saturated rings. The second kappa shape index (κ2) is 26.3. The molecule has 220 valence electrons. The average Bonchev–Trinajstić information content (AvgIpc) is 3.71. The maximum atomic E-state index is 13.0. The van der Waals surface area contributed by atoms with Crippen molar-refractivity contribution in [1.29, 1.82) is 0 Å². The molecule has 0 unspecified atom stereocenters. The molecule has 0 amide bonds.